The van der Waals surface area contributed by atoms with Crippen LogP contribution in [0.4, 0.5) is 4.39 Å². The molecule has 0 radical (unpaired) electrons. The summed E-state index contributed by atoms with van der Waals surface area (Å²) in [6, 6.07) is 6.10. The van der Waals surface area contributed by atoms with Gasteiger partial charge in [-0.25, -0.2) is 9.37 Å². The number of hydrogen-bond acceptors (Lipinski definition) is 4. The number of hydrogen-bond donors (Lipinski definition) is 1. The smallest absolute Gasteiger partial charge is 0.123 e. The molecule has 0 amide bonds. The molecule has 0 saturated carbocycles. The number of piperidine rings is 1. The molecule has 1 aliphatic heterocycles. The number of aromatic nitrogens is 2. The van der Waals surface area contributed by atoms with Crippen molar-refractivity contribution in [1.82, 2.24) is 14.9 Å². The molecule has 1 aromatic heterocycles. The van der Waals surface area contributed by atoms with E-state index in [9.17, 15) is 4.39 Å². The molecule has 1 aliphatic rings. The van der Waals surface area contributed by atoms with Crippen molar-refractivity contribution in [3.05, 3.63) is 47.8 Å². The van der Waals surface area contributed by atoms with Gasteiger partial charge in [0.2, 0.25) is 0 Å². The predicted octanol–water partition coefficient (Wildman–Crippen LogP) is 2.92. The van der Waals surface area contributed by atoms with Crippen LogP contribution in [-0.2, 0) is 11.3 Å². The van der Waals surface area contributed by atoms with Crippen molar-refractivity contribution in [2.45, 2.75) is 31.9 Å². The number of ether oxygens (including phenoxy) is 2. The number of likely N-dealkylation sites (tertiary alicyclic amines) is 1. The van der Waals surface area contributed by atoms with Crippen molar-refractivity contribution in [2.75, 3.05) is 26.8 Å². The number of imidazole rings is 1. The third kappa shape index (κ3) is 3.94. The largest absolute Gasteiger partial charge is 0.491 e. The fourth-order valence-corrected chi connectivity index (χ4v) is 3.17. The van der Waals surface area contributed by atoms with Gasteiger partial charge in [-0.3, -0.25) is 4.90 Å². The maximum atomic E-state index is 13.0. The van der Waals surface area contributed by atoms with Crippen LogP contribution in [0.2, 0.25) is 0 Å². The maximum Gasteiger partial charge on any atom is 0.123 e. The number of nitrogens with one attached hydrogen (secondary N) is 1. The second kappa shape index (κ2) is 7.32. The molecule has 1 fully saturated rings. The molecule has 1 N–H and O–H groups in total. The van der Waals surface area contributed by atoms with E-state index in [4.69, 9.17) is 9.47 Å². The van der Waals surface area contributed by atoms with E-state index < -0.39 is 0 Å². The fourth-order valence-electron chi connectivity index (χ4n) is 3.17. The molecule has 5 nitrogen and oxygen atoms in total. The van der Waals surface area contributed by atoms with Crippen LogP contribution in [0.25, 0.3) is 0 Å². The first kappa shape index (κ1) is 16.9. The highest BCUT2D eigenvalue weighted by molar-refractivity contribution is 5.22. The van der Waals surface area contributed by atoms with Crippen LogP contribution in [0.15, 0.2) is 30.6 Å². The quantitative estimate of drug-likeness (QED) is 0.883. The van der Waals surface area contributed by atoms with Gasteiger partial charge >= 0.3 is 0 Å². The number of halogens is 1. The number of methoxy groups -OCH3 is 1. The molecule has 1 aromatic carbocycles. The Kier molecular flexibility index (Phi) is 5.16. The molecule has 0 spiro atoms. The highest BCUT2D eigenvalue weighted by atomic mass is 19.1. The molecule has 3 rings (SSSR count). The summed E-state index contributed by atoms with van der Waals surface area (Å²) in [5, 5.41) is 0. The van der Waals surface area contributed by atoms with Crippen molar-refractivity contribution in [2.24, 2.45) is 0 Å². The first-order chi connectivity index (χ1) is 11.6. The average molecular weight is 333 g/mol. The molecule has 24 heavy (non-hydrogen) atoms. The summed E-state index contributed by atoms with van der Waals surface area (Å²) < 4.78 is 24.7. The molecule has 130 valence electrons. The Balaban J connectivity index is 1.62. The van der Waals surface area contributed by atoms with Gasteiger partial charge in [-0.2, -0.15) is 0 Å². The van der Waals surface area contributed by atoms with Crippen LogP contribution in [-0.4, -0.2) is 47.3 Å². The molecular formula is C18H24FN3O2. The lowest BCUT2D eigenvalue weighted by Crippen LogP contribution is -2.52. The number of rotatable bonds is 6. The summed E-state index contributed by atoms with van der Waals surface area (Å²) in [5.74, 6) is 0.398. The second-order valence-electron chi connectivity index (χ2n) is 6.42. The monoisotopic (exact) mass is 333 g/mol. The van der Waals surface area contributed by atoms with Gasteiger partial charge in [-0.1, -0.05) is 0 Å². The van der Waals surface area contributed by atoms with E-state index in [-0.39, 0.29) is 11.4 Å². The first-order valence-electron chi connectivity index (χ1n) is 8.25. The standard InChI is InChI=1S/C18H24FN3O2/c1-14-17(21-13-20-14)10-22-9-3-8-18(11-22,23-2)12-24-16-6-4-15(19)5-7-16/h4-7,13H,3,8-12H2,1-2H3,(H,20,21)/t18-/m1/s1. The summed E-state index contributed by atoms with van der Waals surface area (Å²) in [7, 11) is 1.73. The van der Waals surface area contributed by atoms with Gasteiger partial charge in [0, 0.05) is 25.9 Å². The lowest BCUT2D eigenvalue weighted by Gasteiger charge is -2.41. The zero-order valence-electron chi connectivity index (χ0n) is 14.2. The normalized spacial score (nSPS) is 21.8. The predicted molar refractivity (Wildman–Crippen MR) is 89.5 cm³/mol. The molecule has 2 aromatic rings. The van der Waals surface area contributed by atoms with Gasteiger partial charge in [0.15, 0.2) is 0 Å². The Labute approximate surface area is 141 Å². The molecular weight excluding hydrogens is 309 g/mol. The van der Waals surface area contributed by atoms with Crippen molar-refractivity contribution >= 4 is 0 Å². The van der Waals surface area contributed by atoms with Crippen LogP contribution in [0.5, 0.6) is 5.75 Å². The van der Waals surface area contributed by atoms with Gasteiger partial charge in [0.1, 0.15) is 23.8 Å². The van der Waals surface area contributed by atoms with Crippen LogP contribution in [0.3, 0.4) is 0 Å². The Morgan fingerprint density at radius 3 is 2.79 bits per heavy atom. The Morgan fingerprint density at radius 1 is 1.33 bits per heavy atom. The van der Waals surface area contributed by atoms with Gasteiger partial charge in [0.25, 0.3) is 0 Å². The third-order valence-corrected chi connectivity index (χ3v) is 4.67. The van der Waals surface area contributed by atoms with E-state index in [0.29, 0.717) is 12.4 Å². The number of benzene rings is 1. The highest BCUT2D eigenvalue weighted by Crippen LogP contribution is 2.27. The van der Waals surface area contributed by atoms with Crippen molar-refractivity contribution in [3.8, 4) is 5.75 Å². The minimum absolute atomic E-state index is 0.262. The van der Waals surface area contributed by atoms with E-state index in [0.717, 1.165) is 43.9 Å². The molecule has 2 heterocycles. The topological polar surface area (TPSA) is 50.4 Å². The second-order valence-corrected chi connectivity index (χ2v) is 6.42. The van der Waals surface area contributed by atoms with Crippen molar-refractivity contribution < 1.29 is 13.9 Å². The molecule has 0 unspecified atom stereocenters. The highest BCUT2D eigenvalue weighted by Gasteiger charge is 2.36. The van der Waals surface area contributed by atoms with Crippen LogP contribution < -0.4 is 4.74 Å². The minimum Gasteiger partial charge on any atom is -0.491 e. The number of aryl methyl sites for hydroxylation is 1. The Bertz CT molecular complexity index is 659. The molecule has 1 atom stereocenters. The lowest BCUT2D eigenvalue weighted by molar-refractivity contribution is -0.0910. The van der Waals surface area contributed by atoms with Crippen LogP contribution in [0.1, 0.15) is 24.2 Å². The van der Waals surface area contributed by atoms with Gasteiger partial charge < -0.3 is 14.5 Å². The lowest BCUT2D eigenvalue weighted by atomic mass is 9.93. The zero-order valence-corrected chi connectivity index (χ0v) is 14.2. The van der Waals surface area contributed by atoms with Gasteiger partial charge in [-0.15, -0.1) is 0 Å². The molecule has 1 saturated heterocycles. The summed E-state index contributed by atoms with van der Waals surface area (Å²) in [5.41, 5.74) is 1.82. The van der Waals surface area contributed by atoms with E-state index in [2.05, 4.69) is 14.9 Å². The summed E-state index contributed by atoms with van der Waals surface area (Å²) in [6.45, 7) is 5.10. The van der Waals surface area contributed by atoms with Crippen molar-refractivity contribution in [1.29, 1.82) is 0 Å². The summed E-state index contributed by atoms with van der Waals surface area (Å²) in [4.78, 5) is 9.85. The van der Waals surface area contributed by atoms with Crippen molar-refractivity contribution in [3.63, 3.8) is 0 Å². The molecule has 6 heteroatoms. The maximum absolute atomic E-state index is 13.0. The minimum atomic E-state index is -0.350. The average Bonchev–Trinajstić information content (AvgIpc) is 3.00. The number of nitrogens with zero attached hydrogens (tertiary/aromatic N) is 2. The van der Waals surface area contributed by atoms with Crippen LogP contribution in [0, 0.1) is 12.7 Å². The summed E-state index contributed by atoms with van der Waals surface area (Å²) >= 11 is 0. The fraction of sp³-hybridized carbons (Fsp3) is 0.500. The van der Waals surface area contributed by atoms with E-state index >= 15 is 0 Å². The Morgan fingerprint density at radius 2 is 2.12 bits per heavy atom. The molecule has 0 aliphatic carbocycles. The summed E-state index contributed by atoms with van der Waals surface area (Å²) in [6.07, 6.45) is 3.72. The Hall–Kier alpha value is -1.92. The van der Waals surface area contributed by atoms with Gasteiger partial charge in [0.05, 0.1) is 12.0 Å². The third-order valence-electron chi connectivity index (χ3n) is 4.67. The van der Waals surface area contributed by atoms with E-state index in [1.54, 1.807) is 25.6 Å². The van der Waals surface area contributed by atoms with Gasteiger partial charge in [-0.05, 0) is 50.6 Å². The zero-order chi connectivity index (χ0) is 17.0. The number of H-pyrrole nitrogens is 1. The first-order valence-corrected chi connectivity index (χ1v) is 8.25. The van der Waals surface area contributed by atoms with E-state index in [1.807, 2.05) is 6.92 Å². The SMILES string of the molecule is CO[C@]1(COc2ccc(F)cc2)CCCN(Cc2nc[nH]c2C)C1. The van der Waals surface area contributed by atoms with E-state index in [1.165, 1.54) is 12.1 Å². The number of aromatic amines is 1. The van der Waals surface area contributed by atoms with Crippen LogP contribution >= 0.6 is 0 Å². The molecule has 0 bridgehead atoms.